The van der Waals surface area contributed by atoms with Crippen molar-refractivity contribution >= 4 is 51.9 Å². The number of carboxylic acid groups (broad SMARTS) is 1. The second kappa shape index (κ2) is 11.2. The summed E-state index contributed by atoms with van der Waals surface area (Å²) in [6.07, 6.45) is 5.03. The SMILES string of the molecule is CNC(=O)NC1CCCN(c2nc3cc(C(=O)Nc4nc(C(C)(C)C)cs4)ccn3c(=O)c2C=CC(=O)O)C1. The molecule has 1 aliphatic rings. The quantitative estimate of drug-likeness (QED) is 0.339. The molecule has 4 heterocycles. The predicted molar refractivity (Wildman–Crippen MR) is 150 cm³/mol. The summed E-state index contributed by atoms with van der Waals surface area (Å²) < 4.78 is 1.27. The van der Waals surface area contributed by atoms with Gasteiger partial charge in [-0.3, -0.25) is 19.3 Å². The Kier molecular flexibility index (Phi) is 8.00. The molecule has 0 aliphatic carbocycles. The van der Waals surface area contributed by atoms with Crippen LogP contribution in [-0.4, -0.2) is 63.6 Å². The zero-order valence-corrected chi connectivity index (χ0v) is 23.0. The normalized spacial score (nSPS) is 15.9. The molecule has 3 aromatic rings. The van der Waals surface area contributed by atoms with Crippen LogP contribution in [0.2, 0.25) is 0 Å². The fourth-order valence-corrected chi connectivity index (χ4v) is 5.14. The number of thiazole rings is 1. The summed E-state index contributed by atoms with van der Waals surface area (Å²) in [4.78, 5) is 60.6. The van der Waals surface area contributed by atoms with Gasteiger partial charge in [-0.1, -0.05) is 20.8 Å². The number of urea groups is 1. The van der Waals surface area contributed by atoms with Gasteiger partial charge in [0.05, 0.1) is 11.3 Å². The van der Waals surface area contributed by atoms with Crippen LogP contribution in [0.1, 0.15) is 55.2 Å². The van der Waals surface area contributed by atoms with Gasteiger partial charge in [-0.25, -0.2) is 19.6 Å². The molecule has 1 fully saturated rings. The van der Waals surface area contributed by atoms with E-state index in [2.05, 4.69) is 25.9 Å². The van der Waals surface area contributed by atoms with Crippen LogP contribution in [0.25, 0.3) is 11.7 Å². The molecule has 13 heteroatoms. The number of pyridine rings is 1. The molecule has 0 bridgehead atoms. The first-order chi connectivity index (χ1) is 18.5. The summed E-state index contributed by atoms with van der Waals surface area (Å²) in [7, 11) is 1.53. The van der Waals surface area contributed by atoms with Crippen LogP contribution in [0.3, 0.4) is 0 Å². The maximum atomic E-state index is 13.4. The Morgan fingerprint density at radius 1 is 1.23 bits per heavy atom. The van der Waals surface area contributed by atoms with Crippen molar-refractivity contribution in [3.05, 3.63) is 57.0 Å². The van der Waals surface area contributed by atoms with Crippen molar-refractivity contribution in [3.63, 3.8) is 0 Å². The number of hydrogen-bond donors (Lipinski definition) is 4. The summed E-state index contributed by atoms with van der Waals surface area (Å²) in [5.74, 6) is -1.31. The van der Waals surface area contributed by atoms with Gasteiger partial charge < -0.3 is 20.6 Å². The number of rotatable bonds is 6. The van der Waals surface area contributed by atoms with Crippen molar-refractivity contribution in [3.8, 4) is 0 Å². The highest BCUT2D eigenvalue weighted by Gasteiger charge is 2.26. The number of aromatic nitrogens is 3. The van der Waals surface area contributed by atoms with Gasteiger partial charge in [0.1, 0.15) is 11.5 Å². The zero-order valence-electron chi connectivity index (χ0n) is 22.1. The van der Waals surface area contributed by atoms with Crippen LogP contribution in [0.15, 0.2) is 34.6 Å². The Morgan fingerprint density at radius 2 is 2.00 bits per heavy atom. The van der Waals surface area contributed by atoms with E-state index in [1.165, 1.54) is 47.2 Å². The molecule has 3 aromatic heterocycles. The number of anilines is 2. The first-order valence-corrected chi connectivity index (χ1v) is 13.3. The number of amides is 3. The van der Waals surface area contributed by atoms with Crippen molar-refractivity contribution in [2.75, 3.05) is 30.4 Å². The number of carboxylic acids is 1. The molecule has 3 amide bonds. The molecular weight excluding hydrogens is 522 g/mol. The number of carbonyl (C=O) groups is 3. The van der Waals surface area contributed by atoms with Crippen molar-refractivity contribution in [2.24, 2.45) is 0 Å². The zero-order chi connectivity index (χ0) is 28.3. The van der Waals surface area contributed by atoms with Crippen LogP contribution in [0.5, 0.6) is 0 Å². The van der Waals surface area contributed by atoms with Crippen molar-refractivity contribution < 1.29 is 19.5 Å². The number of aliphatic carboxylic acids is 1. The van der Waals surface area contributed by atoms with E-state index in [1.54, 1.807) is 0 Å². The highest BCUT2D eigenvalue weighted by atomic mass is 32.1. The average Bonchev–Trinajstić information content (AvgIpc) is 3.37. The number of hydrogen-bond acceptors (Lipinski definition) is 8. The van der Waals surface area contributed by atoms with Gasteiger partial charge in [0.15, 0.2) is 5.13 Å². The first-order valence-electron chi connectivity index (χ1n) is 12.4. The van der Waals surface area contributed by atoms with Gasteiger partial charge in [0, 0.05) is 54.8 Å². The number of piperidine rings is 1. The van der Waals surface area contributed by atoms with E-state index in [0.717, 1.165) is 24.6 Å². The van der Waals surface area contributed by atoms with Gasteiger partial charge in [0.25, 0.3) is 11.5 Å². The van der Waals surface area contributed by atoms with Crippen molar-refractivity contribution in [2.45, 2.75) is 45.1 Å². The molecule has 0 spiro atoms. The molecule has 0 aromatic carbocycles. The molecule has 1 unspecified atom stereocenters. The number of fused-ring (bicyclic) bond motifs is 1. The lowest BCUT2D eigenvalue weighted by molar-refractivity contribution is -0.131. The minimum absolute atomic E-state index is 0.102. The molecular formula is C26H31N7O5S. The summed E-state index contributed by atoms with van der Waals surface area (Å²) >= 11 is 1.33. The van der Waals surface area contributed by atoms with E-state index in [9.17, 15) is 24.3 Å². The highest BCUT2D eigenvalue weighted by Crippen LogP contribution is 2.27. The van der Waals surface area contributed by atoms with Crippen molar-refractivity contribution in [1.29, 1.82) is 0 Å². The van der Waals surface area contributed by atoms with Gasteiger partial charge in [-0.15, -0.1) is 11.3 Å². The van der Waals surface area contributed by atoms with Crippen LogP contribution in [0, 0.1) is 0 Å². The molecule has 206 valence electrons. The van der Waals surface area contributed by atoms with Crippen LogP contribution >= 0.6 is 11.3 Å². The molecule has 1 saturated heterocycles. The Morgan fingerprint density at radius 3 is 2.67 bits per heavy atom. The fraction of sp³-hybridized carbons (Fsp3) is 0.385. The summed E-state index contributed by atoms with van der Waals surface area (Å²) in [5, 5.41) is 19.8. The monoisotopic (exact) mass is 553 g/mol. The lowest BCUT2D eigenvalue weighted by atomic mass is 9.93. The Balaban J connectivity index is 1.70. The van der Waals surface area contributed by atoms with E-state index in [4.69, 9.17) is 0 Å². The predicted octanol–water partition coefficient (Wildman–Crippen LogP) is 2.70. The standard InChI is InChI=1S/C26H31N7O5S/c1-26(2,3)18-14-39-25(29-18)31-22(36)15-9-11-33-19(12-15)30-21(17(23(33)37)7-8-20(34)35)32-10-5-6-16(13-32)28-24(38)27-4/h7-9,11-12,14,16H,5-6,10,13H2,1-4H3,(H,34,35)(H2,27,28,38)(H,29,31,36). The Bertz CT molecular complexity index is 1500. The largest absolute Gasteiger partial charge is 0.478 e. The second-order valence-electron chi connectivity index (χ2n) is 10.2. The topological polar surface area (TPSA) is 158 Å². The molecule has 0 radical (unpaired) electrons. The van der Waals surface area contributed by atoms with E-state index in [1.807, 2.05) is 31.1 Å². The fourth-order valence-electron chi connectivity index (χ4n) is 4.21. The van der Waals surface area contributed by atoms with Crippen molar-refractivity contribution in [1.82, 2.24) is 25.0 Å². The first kappa shape index (κ1) is 27.8. The molecule has 1 aliphatic heterocycles. The average molecular weight is 554 g/mol. The third kappa shape index (κ3) is 6.42. The van der Waals surface area contributed by atoms with E-state index < -0.39 is 17.4 Å². The molecule has 39 heavy (non-hydrogen) atoms. The Labute approximate surface area is 228 Å². The molecule has 4 rings (SSSR count). The minimum atomic E-state index is -1.20. The maximum absolute atomic E-state index is 13.4. The summed E-state index contributed by atoms with van der Waals surface area (Å²) in [6, 6.07) is 2.50. The number of nitrogens with zero attached hydrogens (tertiary/aromatic N) is 4. The van der Waals surface area contributed by atoms with Gasteiger partial charge in [-0.05, 0) is 31.1 Å². The lowest BCUT2D eigenvalue weighted by Crippen LogP contribution is -2.50. The smallest absolute Gasteiger partial charge is 0.328 e. The van der Waals surface area contributed by atoms with E-state index in [-0.39, 0.29) is 40.1 Å². The third-order valence-corrected chi connectivity index (χ3v) is 7.03. The third-order valence-electron chi connectivity index (χ3n) is 6.28. The highest BCUT2D eigenvalue weighted by molar-refractivity contribution is 7.14. The maximum Gasteiger partial charge on any atom is 0.328 e. The molecule has 4 N–H and O–H groups in total. The van der Waals surface area contributed by atoms with Gasteiger partial charge in [0.2, 0.25) is 0 Å². The minimum Gasteiger partial charge on any atom is -0.478 e. The summed E-state index contributed by atoms with van der Waals surface area (Å²) in [5.41, 5.74) is 0.852. The number of carbonyl (C=O) groups excluding carboxylic acids is 2. The second-order valence-corrected chi connectivity index (χ2v) is 11.1. The lowest BCUT2D eigenvalue weighted by Gasteiger charge is -2.34. The van der Waals surface area contributed by atoms with Crippen LogP contribution < -0.4 is 26.4 Å². The van der Waals surface area contributed by atoms with Gasteiger partial charge in [-0.2, -0.15) is 0 Å². The van der Waals surface area contributed by atoms with Crippen LogP contribution in [0.4, 0.5) is 15.7 Å². The van der Waals surface area contributed by atoms with E-state index >= 15 is 0 Å². The molecule has 12 nitrogen and oxygen atoms in total. The van der Waals surface area contributed by atoms with Crippen LogP contribution in [-0.2, 0) is 10.2 Å². The molecule has 0 saturated carbocycles. The van der Waals surface area contributed by atoms with E-state index in [0.29, 0.717) is 18.2 Å². The summed E-state index contributed by atoms with van der Waals surface area (Å²) in [6.45, 7) is 7.05. The number of nitrogens with one attached hydrogen (secondary N) is 3. The molecule has 1 atom stereocenters. The van der Waals surface area contributed by atoms with Gasteiger partial charge >= 0.3 is 12.0 Å². The Hall–Kier alpha value is -4.26.